The topological polar surface area (TPSA) is 29.5 Å². The number of ether oxygens (including phenoxy) is 1. The molecule has 0 aliphatic rings. The van der Waals surface area contributed by atoms with E-state index in [1.54, 1.807) is 7.11 Å². The summed E-state index contributed by atoms with van der Waals surface area (Å²) in [4.78, 5) is 0. The molecule has 2 nitrogen and oxygen atoms in total. The van der Waals surface area contributed by atoms with Gasteiger partial charge in [0.2, 0.25) is 0 Å². The molecular formula is C23H34O2. The third-order valence-electron chi connectivity index (χ3n) is 4.37. The smallest absolute Gasteiger partial charge is 0.126 e. The zero-order valence-corrected chi connectivity index (χ0v) is 17.0. The number of phenolic OH excluding ortho intramolecular Hbond substituents is 1. The molecule has 0 bridgehead atoms. The average Bonchev–Trinajstić information content (AvgIpc) is 2.52. The van der Waals surface area contributed by atoms with Gasteiger partial charge in [-0.25, -0.2) is 0 Å². The van der Waals surface area contributed by atoms with Gasteiger partial charge in [0, 0.05) is 11.1 Å². The van der Waals surface area contributed by atoms with E-state index in [4.69, 9.17) is 4.74 Å². The van der Waals surface area contributed by atoms with Crippen molar-refractivity contribution < 1.29 is 9.84 Å². The maximum absolute atomic E-state index is 10.8. The van der Waals surface area contributed by atoms with Crippen LogP contribution < -0.4 is 4.74 Å². The summed E-state index contributed by atoms with van der Waals surface area (Å²) in [5.41, 5.74) is 6.90. The second kappa shape index (κ2) is 10.1. The number of aryl methyl sites for hydroxylation is 1. The van der Waals surface area contributed by atoms with Crippen LogP contribution in [0.25, 0.3) is 0 Å². The minimum atomic E-state index is 0.377. The van der Waals surface area contributed by atoms with Crippen LogP contribution in [0.15, 0.2) is 41.0 Å². The first kappa shape index (κ1) is 21.1. The van der Waals surface area contributed by atoms with Crippen LogP contribution in [0.4, 0.5) is 0 Å². The molecule has 1 aromatic rings. The van der Waals surface area contributed by atoms with Crippen molar-refractivity contribution in [2.24, 2.45) is 0 Å². The molecule has 138 valence electrons. The van der Waals surface area contributed by atoms with Gasteiger partial charge in [-0.1, -0.05) is 34.9 Å². The molecule has 1 rings (SSSR count). The summed E-state index contributed by atoms with van der Waals surface area (Å²) >= 11 is 0. The van der Waals surface area contributed by atoms with E-state index in [9.17, 15) is 5.11 Å². The lowest BCUT2D eigenvalue weighted by molar-refractivity contribution is 0.399. The summed E-state index contributed by atoms with van der Waals surface area (Å²) in [5, 5.41) is 10.8. The molecule has 0 radical (unpaired) electrons. The highest BCUT2D eigenvalue weighted by Crippen LogP contribution is 2.35. The van der Waals surface area contributed by atoms with Crippen molar-refractivity contribution in [3.8, 4) is 11.5 Å². The molecule has 0 aromatic heterocycles. The van der Waals surface area contributed by atoms with E-state index in [2.05, 4.69) is 52.8 Å². The Labute approximate surface area is 153 Å². The highest BCUT2D eigenvalue weighted by Gasteiger charge is 2.15. The Bertz CT molecular complexity index is 668. The van der Waals surface area contributed by atoms with Crippen LogP contribution in [0.5, 0.6) is 11.5 Å². The average molecular weight is 343 g/mol. The van der Waals surface area contributed by atoms with Crippen LogP contribution in [0.1, 0.15) is 64.2 Å². The Hall–Kier alpha value is -1.96. The molecule has 0 saturated carbocycles. The van der Waals surface area contributed by atoms with Gasteiger partial charge in [0.05, 0.1) is 7.11 Å². The Morgan fingerprint density at radius 2 is 1.56 bits per heavy atom. The van der Waals surface area contributed by atoms with Gasteiger partial charge in [0.25, 0.3) is 0 Å². The van der Waals surface area contributed by atoms with Crippen LogP contribution in [-0.4, -0.2) is 12.2 Å². The van der Waals surface area contributed by atoms with Crippen LogP contribution >= 0.6 is 0 Å². The van der Waals surface area contributed by atoms with Crippen LogP contribution in [0.2, 0.25) is 0 Å². The first-order valence-corrected chi connectivity index (χ1v) is 9.06. The van der Waals surface area contributed by atoms with Crippen molar-refractivity contribution in [3.63, 3.8) is 0 Å². The molecule has 0 atom stereocenters. The van der Waals surface area contributed by atoms with Crippen molar-refractivity contribution in [2.45, 2.75) is 67.2 Å². The zero-order valence-electron chi connectivity index (χ0n) is 17.0. The third-order valence-corrected chi connectivity index (χ3v) is 4.37. The van der Waals surface area contributed by atoms with E-state index < -0.39 is 0 Å². The van der Waals surface area contributed by atoms with Crippen molar-refractivity contribution in [2.75, 3.05) is 7.11 Å². The fourth-order valence-electron chi connectivity index (χ4n) is 2.77. The lowest BCUT2D eigenvalue weighted by Crippen LogP contribution is -1.99. The SMILES string of the molecule is COc1cc(C)c(CC=C(C)CCC=C(C)C)c(O)c1CC=C(C)C. The minimum Gasteiger partial charge on any atom is -0.507 e. The number of rotatable bonds is 8. The van der Waals surface area contributed by atoms with Crippen LogP contribution in [0.3, 0.4) is 0 Å². The van der Waals surface area contributed by atoms with Gasteiger partial charge in [0.1, 0.15) is 11.5 Å². The summed E-state index contributed by atoms with van der Waals surface area (Å²) in [7, 11) is 1.66. The van der Waals surface area contributed by atoms with E-state index in [0.717, 1.165) is 41.7 Å². The van der Waals surface area contributed by atoms with Gasteiger partial charge in [-0.2, -0.15) is 0 Å². The molecule has 1 aromatic carbocycles. The number of allylic oxidation sites excluding steroid dienone is 6. The molecule has 0 spiro atoms. The number of phenols is 1. The van der Waals surface area contributed by atoms with Crippen LogP contribution in [-0.2, 0) is 12.8 Å². The summed E-state index contributed by atoms with van der Waals surface area (Å²) in [5.74, 6) is 1.14. The van der Waals surface area contributed by atoms with Crippen molar-refractivity contribution in [3.05, 3.63) is 57.7 Å². The molecule has 0 amide bonds. The van der Waals surface area contributed by atoms with Gasteiger partial charge < -0.3 is 9.84 Å². The van der Waals surface area contributed by atoms with Gasteiger partial charge >= 0.3 is 0 Å². The number of hydrogen-bond donors (Lipinski definition) is 1. The number of aromatic hydroxyl groups is 1. The van der Waals surface area contributed by atoms with E-state index >= 15 is 0 Å². The molecular weight excluding hydrogens is 308 g/mol. The first-order chi connectivity index (χ1) is 11.8. The lowest BCUT2D eigenvalue weighted by Gasteiger charge is -2.15. The van der Waals surface area contributed by atoms with Gasteiger partial charge in [-0.05, 0) is 78.9 Å². The van der Waals surface area contributed by atoms with Crippen molar-refractivity contribution in [1.82, 2.24) is 0 Å². The molecule has 0 saturated heterocycles. The molecule has 0 aliphatic heterocycles. The predicted octanol–water partition coefficient (Wildman–Crippen LogP) is 6.45. The summed E-state index contributed by atoms with van der Waals surface area (Å²) in [6, 6.07) is 2.04. The maximum atomic E-state index is 10.8. The zero-order chi connectivity index (χ0) is 19.0. The van der Waals surface area contributed by atoms with Gasteiger partial charge in [-0.3, -0.25) is 0 Å². The second-order valence-corrected chi connectivity index (χ2v) is 7.26. The highest BCUT2D eigenvalue weighted by molar-refractivity contribution is 5.54. The lowest BCUT2D eigenvalue weighted by atomic mass is 9.96. The monoisotopic (exact) mass is 342 g/mol. The Morgan fingerprint density at radius 1 is 0.960 bits per heavy atom. The Kier molecular flexibility index (Phi) is 8.54. The fourth-order valence-corrected chi connectivity index (χ4v) is 2.77. The molecule has 0 fully saturated rings. The standard InChI is InChI=1S/C23H34O2/c1-16(2)9-8-10-18(5)12-14-20-19(6)15-22(25-7)21(23(20)24)13-11-17(3)4/h9,11-12,15,24H,8,10,13-14H2,1-7H3. The highest BCUT2D eigenvalue weighted by atomic mass is 16.5. The molecule has 0 aliphatic carbocycles. The summed E-state index contributed by atoms with van der Waals surface area (Å²) in [6.07, 6.45) is 10.2. The Balaban J connectivity index is 3.04. The maximum Gasteiger partial charge on any atom is 0.126 e. The number of hydrogen-bond acceptors (Lipinski definition) is 2. The molecule has 25 heavy (non-hydrogen) atoms. The molecule has 0 unspecified atom stereocenters. The van der Waals surface area contributed by atoms with Gasteiger partial charge in [0.15, 0.2) is 0 Å². The molecule has 0 heterocycles. The van der Waals surface area contributed by atoms with Gasteiger partial charge in [-0.15, -0.1) is 0 Å². The number of methoxy groups -OCH3 is 1. The van der Waals surface area contributed by atoms with Crippen LogP contribution in [0, 0.1) is 6.92 Å². The molecule has 2 heteroatoms. The summed E-state index contributed by atoms with van der Waals surface area (Å²) < 4.78 is 5.48. The van der Waals surface area contributed by atoms with Crippen molar-refractivity contribution in [1.29, 1.82) is 0 Å². The van der Waals surface area contributed by atoms with E-state index in [1.807, 2.05) is 13.0 Å². The van der Waals surface area contributed by atoms with Crippen molar-refractivity contribution >= 4 is 0 Å². The number of benzene rings is 1. The normalized spacial score (nSPS) is 11.2. The summed E-state index contributed by atoms with van der Waals surface area (Å²) in [6.45, 7) is 12.6. The first-order valence-electron chi connectivity index (χ1n) is 9.06. The predicted molar refractivity (Wildman–Crippen MR) is 109 cm³/mol. The Morgan fingerprint density at radius 3 is 2.12 bits per heavy atom. The fraction of sp³-hybridized carbons (Fsp3) is 0.478. The third kappa shape index (κ3) is 6.81. The van der Waals surface area contributed by atoms with E-state index in [0.29, 0.717) is 12.2 Å². The quantitative estimate of drug-likeness (QED) is 0.550. The molecule has 1 N–H and O–H groups in total. The second-order valence-electron chi connectivity index (χ2n) is 7.26. The minimum absolute atomic E-state index is 0.377. The largest absolute Gasteiger partial charge is 0.507 e. The van der Waals surface area contributed by atoms with E-state index in [1.165, 1.54) is 16.7 Å². The van der Waals surface area contributed by atoms with E-state index in [-0.39, 0.29) is 0 Å².